The summed E-state index contributed by atoms with van der Waals surface area (Å²) in [5.74, 6) is -1.57. The highest BCUT2D eigenvalue weighted by molar-refractivity contribution is 6.10. The quantitative estimate of drug-likeness (QED) is 0.413. The summed E-state index contributed by atoms with van der Waals surface area (Å²) in [6.07, 6.45) is 5.34. The van der Waals surface area contributed by atoms with Crippen LogP contribution in [0.2, 0.25) is 0 Å². The predicted octanol–water partition coefficient (Wildman–Crippen LogP) is 3.02. The molecule has 2 aliphatic carbocycles. The Balaban J connectivity index is 1.52. The Labute approximate surface area is 181 Å². The molecule has 0 aromatic heterocycles. The molecular weight excluding hydrogens is 396 g/mol. The highest BCUT2D eigenvalue weighted by Gasteiger charge is 2.61. The predicted molar refractivity (Wildman–Crippen MR) is 114 cm³/mol. The number of nitrogens with one attached hydrogen (secondary N) is 1. The molecule has 1 aromatic rings. The summed E-state index contributed by atoms with van der Waals surface area (Å²) in [4.78, 5) is 52.6. The number of anilines is 1. The third-order valence-electron chi connectivity index (χ3n) is 6.48. The van der Waals surface area contributed by atoms with Crippen LogP contribution in [0, 0.1) is 29.6 Å². The Hall–Kier alpha value is -2.96. The first-order valence-electron chi connectivity index (χ1n) is 10.9. The van der Waals surface area contributed by atoms with Crippen molar-refractivity contribution >= 4 is 29.4 Å². The molecule has 0 unspecified atom stereocenters. The van der Waals surface area contributed by atoms with Crippen LogP contribution in [0.3, 0.4) is 0 Å². The fraction of sp³-hybridized carbons (Fsp3) is 0.500. The number of fused-ring (bicyclic) bond motifs is 5. The molecule has 1 N–H and O–H groups in total. The van der Waals surface area contributed by atoms with Crippen molar-refractivity contribution in [2.75, 3.05) is 11.9 Å². The molecule has 3 aliphatic rings. The van der Waals surface area contributed by atoms with Crippen molar-refractivity contribution in [3.8, 4) is 0 Å². The van der Waals surface area contributed by atoms with Gasteiger partial charge in [0.15, 0.2) is 0 Å². The normalized spacial score (nSPS) is 27.0. The summed E-state index contributed by atoms with van der Waals surface area (Å²) in [5.41, 5.74) is 0.882. The van der Waals surface area contributed by atoms with Gasteiger partial charge in [-0.15, -0.1) is 0 Å². The largest absolute Gasteiger partial charge is 0.462 e. The van der Waals surface area contributed by atoms with Crippen molar-refractivity contribution in [1.82, 2.24) is 4.90 Å². The van der Waals surface area contributed by atoms with E-state index in [1.807, 2.05) is 26.0 Å². The number of benzene rings is 1. The number of carbonyl (C=O) groups excluding carboxylic acids is 4. The second kappa shape index (κ2) is 8.29. The van der Waals surface area contributed by atoms with Gasteiger partial charge < -0.3 is 10.1 Å². The van der Waals surface area contributed by atoms with Crippen LogP contribution in [-0.2, 0) is 19.1 Å². The number of ether oxygens (including phenoxy) is 1. The maximum Gasteiger partial charge on any atom is 0.338 e. The van der Waals surface area contributed by atoms with Crippen molar-refractivity contribution in [1.29, 1.82) is 0 Å². The van der Waals surface area contributed by atoms with E-state index >= 15 is 0 Å². The first-order valence-corrected chi connectivity index (χ1v) is 10.9. The fourth-order valence-electron chi connectivity index (χ4n) is 5.14. The van der Waals surface area contributed by atoms with E-state index in [1.54, 1.807) is 31.2 Å². The van der Waals surface area contributed by atoms with E-state index in [-0.39, 0.29) is 53.9 Å². The molecular formula is C24H28N2O5. The fourth-order valence-corrected chi connectivity index (χ4v) is 5.14. The number of rotatable bonds is 7. The Kier molecular flexibility index (Phi) is 5.69. The second-order valence-electron chi connectivity index (χ2n) is 8.98. The summed E-state index contributed by atoms with van der Waals surface area (Å²) in [7, 11) is 0. The molecule has 1 heterocycles. The van der Waals surface area contributed by atoms with Crippen LogP contribution in [0.4, 0.5) is 5.69 Å². The van der Waals surface area contributed by atoms with Gasteiger partial charge in [0.2, 0.25) is 17.7 Å². The van der Waals surface area contributed by atoms with E-state index in [0.717, 1.165) is 6.42 Å². The van der Waals surface area contributed by atoms with Gasteiger partial charge in [0.1, 0.15) is 6.04 Å². The Bertz CT molecular complexity index is 906. The van der Waals surface area contributed by atoms with Crippen LogP contribution in [-0.4, -0.2) is 41.2 Å². The average Bonchev–Trinajstić information content (AvgIpc) is 3.41. The molecule has 164 valence electrons. The molecule has 1 saturated heterocycles. The van der Waals surface area contributed by atoms with Crippen molar-refractivity contribution < 1.29 is 23.9 Å². The lowest BCUT2D eigenvalue weighted by Crippen LogP contribution is -2.49. The van der Waals surface area contributed by atoms with Crippen LogP contribution in [0.15, 0.2) is 36.4 Å². The highest BCUT2D eigenvalue weighted by atomic mass is 16.5. The van der Waals surface area contributed by atoms with Crippen molar-refractivity contribution in [3.05, 3.63) is 42.0 Å². The summed E-state index contributed by atoms with van der Waals surface area (Å²) in [5, 5.41) is 2.81. The molecule has 1 saturated carbocycles. The average molecular weight is 424 g/mol. The number of likely N-dealkylation sites (tertiary alicyclic amines) is 1. The minimum absolute atomic E-state index is 0.106. The molecule has 1 aromatic carbocycles. The zero-order valence-electron chi connectivity index (χ0n) is 18.0. The molecule has 2 fully saturated rings. The first kappa shape index (κ1) is 21.3. The number of imide groups is 1. The minimum atomic E-state index is -0.852. The zero-order valence-corrected chi connectivity index (χ0v) is 18.0. The van der Waals surface area contributed by atoms with Crippen LogP contribution >= 0.6 is 0 Å². The number of carbonyl (C=O) groups is 4. The Morgan fingerprint density at radius 2 is 1.65 bits per heavy atom. The lowest BCUT2D eigenvalue weighted by atomic mass is 9.85. The molecule has 4 rings (SSSR count). The molecule has 31 heavy (non-hydrogen) atoms. The third kappa shape index (κ3) is 3.77. The maximum atomic E-state index is 13.2. The van der Waals surface area contributed by atoms with Crippen LogP contribution in [0.25, 0.3) is 0 Å². The number of hydrogen-bond acceptors (Lipinski definition) is 5. The molecule has 0 spiro atoms. The van der Waals surface area contributed by atoms with Crippen LogP contribution in [0.5, 0.6) is 0 Å². The van der Waals surface area contributed by atoms with E-state index in [1.165, 1.54) is 4.90 Å². The standard InChI is InChI=1S/C24H28N2O5/c1-4-31-24(30)14-7-9-17(10-8-14)25-21(27)18(11-13(2)3)26-22(28)19-15-5-6-16(12-15)20(19)23(26)29/h5-10,13,15-16,18-20H,4,11-12H2,1-3H3,(H,25,27)/t15-,16+,18-,19-,20+/m1/s1. The van der Waals surface area contributed by atoms with E-state index in [9.17, 15) is 19.2 Å². The van der Waals surface area contributed by atoms with Gasteiger partial charge in [-0.25, -0.2) is 4.79 Å². The molecule has 7 nitrogen and oxygen atoms in total. The van der Waals surface area contributed by atoms with Gasteiger partial charge >= 0.3 is 5.97 Å². The Morgan fingerprint density at radius 3 is 2.16 bits per heavy atom. The molecule has 2 bridgehead atoms. The SMILES string of the molecule is CCOC(=O)c1ccc(NC(=O)[C@@H](CC(C)C)N2C(=O)[C@@H]3[C@H](C2=O)[C@@H]2C=C[C@H]3C2)cc1. The number of nitrogens with zero attached hydrogens (tertiary/aromatic N) is 1. The van der Waals surface area contributed by atoms with Crippen LogP contribution < -0.4 is 5.32 Å². The van der Waals surface area contributed by atoms with E-state index in [2.05, 4.69) is 5.32 Å². The summed E-state index contributed by atoms with van der Waals surface area (Å²) >= 11 is 0. The number of esters is 1. The first-order chi connectivity index (χ1) is 14.8. The van der Waals surface area contributed by atoms with Gasteiger partial charge in [-0.3, -0.25) is 19.3 Å². The van der Waals surface area contributed by atoms with Gasteiger partial charge in [0.25, 0.3) is 0 Å². The third-order valence-corrected chi connectivity index (χ3v) is 6.48. The summed E-state index contributed by atoms with van der Waals surface area (Å²) < 4.78 is 4.97. The molecule has 5 atom stereocenters. The molecule has 3 amide bonds. The van der Waals surface area contributed by atoms with Crippen molar-refractivity contribution in [2.24, 2.45) is 29.6 Å². The van der Waals surface area contributed by atoms with E-state index < -0.39 is 12.0 Å². The number of allylic oxidation sites excluding steroid dienone is 2. The second-order valence-corrected chi connectivity index (χ2v) is 8.98. The highest BCUT2D eigenvalue weighted by Crippen LogP contribution is 2.53. The maximum absolute atomic E-state index is 13.2. The van der Waals surface area contributed by atoms with Crippen molar-refractivity contribution in [3.63, 3.8) is 0 Å². The van der Waals surface area contributed by atoms with Gasteiger partial charge in [0.05, 0.1) is 24.0 Å². The monoisotopic (exact) mass is 424 g/mol. The van der Waals surface area contributed by atoms with Crippen molar-refractivity contribution in [2.45, 2.75) is 39.7 Å². The van der Waals surface area contributed by atoms with Crippen LogP contribution in [0.1, 0.15) is 44.0 Å². The minimum Gasteiger partial charge on any atom is -0.462 e. The van der Waals surface area contributed by atoms with Gasteiger partial charge in [-0.05, 0) is 61.8 Å². The number of hydrogen-bond donors (Lipinski definition) is 1. The summed E-state index contributed by atoms with van der Waals surface area (Å²) in [6, 6.07) is 5.53. The lowest BCUT2D eigenvalue weighted by Gasteiger charge is -2.28. The lowest BCUT2D eigenvalue weighted by molar-refractivity contribution is -0.147. The van der Waals surface area contributed by atoms with E-state index in [0.29, 0.717) is 17.7 Å². The zero-order chi connectivity index (χ0) is 22.3. The smallest absolute Gasteiger partial charge is 0.338 e. The topological polar surface area (TPSA) is 92.8 Å². The van der Waals surface area contributed by atoms with E-state index in [4.69, 9.17) is 4.74 Å². The molecule has 0 radical (unpaired) electrons. The van der Waals surface area contributed by atoms with Gasteiger partial charge in [-0.1, -0.05) is 26.0 Å². The summed E-state index contributed by atoms with van der Waals surface area (Å²) in [6.45, 7) is 5.94. The Morgan fingerprint density at radius 1 is 1.06 bits per heavy atom. The van der Waals surface area contributed by atoms with Gasteiger partial charge in [-0.2, -0.15) is 0 Å². The van der Waals surface area contributed by atoms with Gasteiger partial charge in [0, 0.05) is 5.69 Å². The molecule has 7 heteroatoms. The number of amides is 3. The molecule has 1 aliphatic heterocycles.